The van der Waals surface area contributed by atoms with E-state index in [2.05, 4.69) is 4.98 Å². The molecule has 0 radical (unpaired) electrons. The number of carbonyl (C=O) groups is 1. The van der Waals surface area contributed by atoms with Crippen LogP contribution < -0.4 is 5.73 Å². The Balaban J connectivity index is 2.03. The van der Waals surface area contributed by atoms with E-state index < -0.39 is 0 Å². The quantitative estimate of drug-likeness (QED) is 0.795. The van der Waals surface area contributed by atoms with Crippen molar-refractivity contribution in [3.8, 4) is 0 Å². The Kier molecular flexibility index (Phi) is 3.48. The number of aromatic nitrogens is 2. The van der Waals surface area contributed by atoms with Gasteiger partial charge in [0.15, 0.2) is 5.78 Å². The molecule has 0 aliphatic carbocycles. The molecule has 0 fully saturated rings. The number of carbonyl (C=O) groups excluding carboxylic acids is 1. The van der Waals surface area contributed by atoms with Gasteiger partial charge in [-0.1, -0.05) is 0 Å². The second-order valence-electron chi connectivity index (χ2n) is 3.52. The Bertz CT molecular complexity index is 461. The summed E-state index contributed by atoms with van der Waals surface area (Å²) >= 11 is 1.60. The lowest BCUT2D eigenvalue weighted by atomic mass is 10.1. The molecule has 2 heterocycles. The fraction of sp³-hybridized carbons (Fsp3) is 0.273. The first-order valence-electron chi connectivity index (χ1n) is 5.05. The Hall–Kier alpha value is -1.46. The van der Waals surface area contributed by atoms with Crippen molar-refractivity contribution in [1.29, 1.82) is 0 Å². The van der Waals surface area contributed by atoms with E-state index in [1.807, 2.05) is 21.4 Å². The first-order valence-corrected chi connectivity index (χ1v) is 6.00. The predicted octanol–water partition coefficient (Wildman–Crippen LogP) is 1.33. The minimum atomic E-state index is 0.0502. The third-order valence-electron chi connectivity index (χ3n) is 2.25. The Morgan fingerprint density at radius 2 is 2.44 bits per heavy atom. The van der Waals surface area contributed by atoms with E-state index in [0.717, 1.165) is 5.56 Å². The van der Waals surface area contributed by atoms with Crippen LogP contribution in [0.3, 0.4) is 0 Å². The van der Waals surface area contributed by atoms with E-state index in [1.54, 1.807) is 23.9 Å². The van der Waals surface area contributed by atoms with E-state index >= 15 is 0 Å². The normalized spacial score (nSPS) is 10.6. The molecule has 0 aromatic carbocycles. The highest BCUT2D eigenvalue weighted by Gasteiger charge is 2.10. The van der Waals surface area contributed by atoms with Crippen molar-refractivity contribution >= 4 is 17.1 Å². The van der Waals surface area contributed by atoms with Crippen molar-refractivity contribution in [1.82, 2.24) is 9.55 Å². The van der Waals surface area contributed by atoms with Gasteiger partial charge in [-0.15, -0.1) is 0 Å². The van der Waals surface area contributed by atoms with Crippen LogP contribution in [0.2, 0.25) is 0 Å². The van der Waals surface area contributed by atoms with Crippen LogP contribution in [0.5, 0.6) is 0 Å². The Morgan fingerprint density at radius 3 is 3.12 bits per heavy atom. The maximum Gasteiger partial charge on any atom is 0.187 e. The number of imidazole rings is 1. The van der Waals surface area contributed by atoms with Gasteiger partial charge in [-0.3, -0.25) is 4.79 Å². The highest BCUT2D eigenvalue weighted by Crippen LogP contribution is 2.09. The van der Waals surface area contributed by atoms with Crippen LogP contribution in [0, 0.1) is 0 Å². The zero-order valence-corrected chi connectivity index (χ0v) is 9.61. The molecule has 0 aliphatic rings. The minimum absolute atomic E-state index is 0.0502. The van der Waals surface area contributed by atoms with Crippen LogP contribution in [0.25, 0.3) is 0 Å². The molecule has 2 aromatic heterocycles. The summed E-state index contributed by atoms with van der Waals surface area (Å²) < 4.78 is 1.83. The second kappa shape index (κ2) is 5.05. The zero-order chi connectivity index (χ0) is 11.4. The summed E-state index contributed by atoms with van der Waals surface area (Å²) in [7, 11) is 0. The average molecular weight is 235 g/mol. The molecule has 84 valence electrons. The fourth-order valence-corrected chi connectivity index (χ4v) is 2.11. The highest BCUT2D eigenvalue weighted by molar-refractivity contribution is 7.08. The first-order chi connectivity index (χ1) is 7.79. The van der Waals surface area contributed by atoms with E-state index in [1.165, 1.54) is 0 Å². The largest absolute Gasteiger partial charge is 0.335 e. The summed E-state index contributed by atoms with van der Waals surface area (Å²) in [6.45, 7) is 1.24. The van der Waals surface area contributed by atoms with Gasteiger partial charge in [0.1, 0.15) is 5.69 Å². The second-order valence-corrected chi connectivity index (χ2v) is 4.30. The molecule has 5 heteroatoms. The lowest BCUT2D eigenvalue weighted by molar-refractivity contribution is 0.0988. The monoisotopic (exact) mass is 235 g/mol. The molecule has 0 atom stereocenters. The summed E-state index contributed by atoms with van der Waals surface area (Å²) in [6.07, 6.45) is 3.82. The standard InChI is InChI=1S/C11H13N3OS/c12-2-3-14-6-10(13-8-14)11(15)5-9-1-4-16-7-9/h1,4,6-8H,2-3,5,12H2. The van der Waals surface area contributed by atoms with E-state index in [9.17, 15) is 4.79 Å². The van der Waals surface area contributed by atoms with Crippen molar-refractivity contribution in [2.45, 2.75) is 13.0 Å². The maximum absolute atomic E-state index is 11.8. The summed E-state index contributed by atoms with van der Waals surface area (Å²) in [4.78, 5) is 15.9. The van der Waals surface area contributed by atoms with E-state index in [-0.39, 0.29) is 5.78 Å². The first kappa shape index (κ1) is 11.0. The molecule has 16 heavy (non-hydrogen) atoms. The van der Waals surface area contributed by atoms with Crippen molar-refractivity contribution < 1.29 is 4.79 Å². The number of nitrogens with zero attached hydrogens (tertiary/aromatic N) is 2. The molecule has 0 saturated carbocycles. The van der Waals surface area contributed by atoms with Crippen molar-refractivity contribution in [3.05, 3.63) is 40.6 Å². The number of rotatable bonds is 5. The topological polar surface area (TPSA) is 60.9 Å². The van der Waals surface area contributed by atoms with Gasteiger partial charge in [0.2, 0.25) is 0 Å². The Labute approximate surface area is 97.7 Å². The lowest BCUT2D eigenvalue weighted by Gasteiger charge is -1.96. The van der Waals surface area contributed by atoms with Gasteiger partial charge in [0.25, 0.3) is 0 Å². The van der Waals surface area contributed by atoms with Crippen molar-refractivity contribution in [2.75, 3.05) is 6.54 Å². The van der Waals surface area contributed by atoms with Crippen LogP contribution in [-0.2, 0) is 13.0 Å². The molecule has 0 amide bonds. The molecule has 2 rings (SSSR count). The highest BCUT2D eigenvalue weighted by atomic mass is 32.1. The Morgan fingerprint density at radius 1 is 1.56 bits per heavy atom. The zero-order valence-electron chi connectivity index (χ0n) is 8.80. The SMILES string of the molecule is NCCn1cnc(C(=O)Cc2ccsc2)c1. The van der Waals surface area contributed by atoms with Gasteiger partial charge in [0, 0.05) is 25.7 Å². The third kappa shape index (κ3) is 2.56. The molecule has 0 bridgehead atoms. The van der Waals surface area contributed by atoms with Crippen molar-refractivity contribution in [3.63, 3.8) is 0 Å². The maximum atomic E-state index is 11.8. The van der Waals surface area contributed by atoms with Crippen LogP contribution >= 0.6 is 11.3 Å². The summed E-state index contributed by atoms with van der Waals surface area (Å²) in [6, 6.07) is 1.96. The fourth-order valence-electron chi connectivity index (χ4n) is 1.44. The molecule has 0 saturated heterocycles. The molecular formula is C11H13N3OS. The average Bonchev–Trinajstić information content (AvgIpc) is 2.89. The van der Waals surface area contributed by atoms with E-state index in [0.29, 0.717) is 25.2 Å². The molecule has 4 nitrogen and oxygen atoms in total. The van der Waals surface area contributed by atoms with Crippen LogP contribution in [0.1, 0.15) is 16.1 Å². The smallest absolute Gasteiger partial charge is 0.187 e. The molecule has 2 aromatic rings. The van der Waals surface area contributed by atoms with Crippen LogP contribution in [0.4, 0.5) is 0 Å². The summed E-state index contributed by atoms with van der Waals surface area (Å²) in [5.41, 5.74) is 6.98. The number of hydrogen-bond donors (Lipinski definition) is 1. The number of Topliss-reactive ketones (excluding diaryl/α,β-unsaturated/α-hetero) is 1. The van der Waals surface area contributed by atoms with Gasteiger partial charge < -0.3 is 10.3 Å². The third-order valence-corrected chi connectivity index (χ3v) is 2.98. The number of hydrogen-bond acceptors (Lipinski definition) is 4. The number of nitrogens with two attached hydrogens (primary N) is 1. The van der Waals surface area contributed by atoms with Gasteiger partial charge in [-0.25, -0.2) is 4.98 Å². The predicted molar refractivity (Wildman–Crippen MR) is 63.6 cm³/mol. The van der Waals surface area contributed by atoms with Gasteiger partial charge in [-0.2, -0.15) is 11.3 Å². The van der Waals surface area contributed by atoms with Crippen molar-refractivity contribution in [2.24, 2.45) is 5.73 Å². The molecular weight excluding hydrogens is 222 g/mol. The number of thiophene rings is 1. The van der Waals surface area contributed by atoms with Gasteiger partial charge in [0.05, 0.1) is 6.33 Å². The van der Waals surface area contributed by atoms with Gasteiger partial charge >= 0.3 is 0 Å². The molecule has 0 unspecified atom stereocenters. The van der Waals surface area contributed by atoms with Gasteiger partial charge in [-0.05, 0) is 22.4 Å². The summed E-state index contributed by atoms with van der Waals surface area (Å²) in [5, 5.41) is 3.95. The van der Waals surface area contributed by atoms with Crippen LogP contribution in [-0.4, -0.2) is 21.9 Å². The minimum Gasteiger partial charge on any atom is -0.335 e. The summed E-state index contributed by atoms with van der Waals surface area (Å²) in [5.74, 6) is 0.0502. The molecule has 2 N–H and O–H groups in total. The number of ketones is 1. The molecule has 0 spiro atoms. The van der Waals surface area contributed by atoms with E-state index in [4.69, 9.17) is 5.73 Å². The molecule has 0 aliphatic heterocycles. The van der Waals surface area contributed by atoms with Crippen LogP contribution in [0.15, 0.2) is 29.4 Å². The lowest BCUT2D eigenvalue weighted by Crippen LogP contribution is -2.08.